The molecular formula is C18H13N3O5. The van der Waals surface area contributed by atoms with Crippen molar-refractivity contribution in [2.45, 2.75) is 0 Å². The van der Waals surface area contributed by atoms with Crippen LogP contribution >= 0.6 is 0 Å². The largest absolute Gasteiger partial charge is 0.507 e. The minimum atomic E-state index is -0.658. The second-order valence-electron chi connectivity index (χ2n) is 5.42. The van der Waals surface area contributed by atoms with Gasteiger partial charge < -0.3 is 10.2 Å². The smallest absolute Gasteiger partial charge is 0.275 e. The molecule has 0 aliphatic heterocycles. The Balaban J connectivity index is 1.81. The van der Waals surface area contributed by atoms with Crippen LogP contribution in [0.4, 0.5) is 5.69 Å². The molecule has 130 valence electrons. The van der Waals surface area contributed by atoms with Crippen molar-refractivity contribution in [1.82, 2.24) is 5.43 Å². The van der Waals surface area contributed by atoms with Crippen molar-refractivity contribution in [3.63, 3.8) is 0 Å². The lowest BCUT2D eigenvalue weighted by molar-refractivity contribution is -0.384. The number of rotatable bonds is 4. The van der Waals surface area contributed by atoms with E-state index in [1.54, 1.807) is 12.1 Å². The number of non-ortho nitro benzene ring substituents is 1. The summed E-state index contributed by atoms with van der Waals surface area (Å²) in [6.45, 7) is 0. The van der Waals surface area contributed by atoms with E-state index in [1.165, 1.54) is 12.1 Å². The molecule has 3 aromatic rings. The molecule has 0 saturated carbocycles. The number of carbonyl (C=O) groups excluding carboxylic acids is 1. The second-order valence-corrected chi connectivity index (χ2v) is 5.42. The maximum atomic E-state index is 12.2. The molecule has 0 aliphatic rings. The monoisotopic (exact) mass is 351 g/mol. The lowest BCUT2D eigenvalue weighted by Crippen LogP contribution is -2.17. The zero-order valence-corrected chi connectivity index (χ0v) is 13.3. The molecule has 26 heavy (non-hydrogen) atoms. The van der Waals surface area contributed by atoms with Crippen LogP contribution in [0.15, 0.2) is 59.7 Å². The van der Waals surface area contributed by atoms with Gasteiger partial charge in [0.05, 0.1) is 16.7 Å². The van der Waals surface area contributed by atoms with Crippen molar-refractivity contribution in [2.75, 3.05) is 0 Å². The number of nitro groups is 1. The summed E-state index contributed by atoms with van der Waals surface area (Å²) in [6.07, 6.45) is 1.08. The van der Waals surface area contributed by atoms with Gasteiger partial charge in [-0.25, -0.2) is 5.43 Å². The topological polar surface area (TPSA) is 125 Å². The second kappa shape index (κ2) is 6.89. The van der Waals surface area contributed by atoms with Crippen LogP contribution in [-0.4, -0.2) is 27.3 Å². The maximum absolute atomic E-state index is 12.2. The van der Waals surface area contributed by atoms with E-state index in [-0.39, 0.29) is 28.3 Å². The van der Waals surface area contributed by atoms with Gasteiger partial charge in [0.1, 0.15) is 11.5 Å². The van der Waals surface area contributed by atoms with Crippen molar-refractivity contribution < 1.29 is 19.9 Å². The molecule has 8 nitrogen and oxygen atoms in total. The van der Waals surface area contributed by atoms with E-state index in [0.717, 1.165) is 35.2 Å². The predicted molar refractivity (Wildman–Crippen MR) is 95.4 cm³/mol. The first-order valence-electron chi connectivity index (χ1n) is 7.48. The minimum Gasteiger partial charge on any atom is -0.507 e. The third-order valence-electron chi connectivity index (χ3n) is 3.70. The SMILES string of the molecule is O=C(N/N=C\c1cc([N+](=O)[O-])ccc1O)c1cc2ccccc2cc1O. The maximum Gasteiger partial charge on any atom is 0.275 e. The van der Waals surface area contributed by atoms with Crippen LogP contribution in [0, 0.1) is 10.1 Å². The number of hydrazone groups is 1. The molecular weight excluding hydrogens is 338 g/mol. The van der Waals surface area contributed by atoms with Crippen LogP contribution in [0.2, 0.25) is 0 Å². The fourth-order valence-electron chi connectivity index (χ4n) is 2.39. The van der Waals surface area contributed by atoms with E-state index in [9.17, 15) is 25.1 Å². The molecule has 0 aliphatic carbocycles. The molecule has 0 saturated heterocycles. The zero-order valence-electron chi connectivity index (χ0n) is 13.3. The van der Waals surface area contributed by atoms with E-state index in [1.807, 2.05) is 12.1 Å². The standard InChI is InChI=1S/C18H13N3O5/c22-16-6-5-14(21(25)26)7-13(16)10-19-20-18(24)15-8-11-3-1-2-4-12(11)9-17(15)23/h1-10,22-23H,(H,20,24)/b19-10-. The number of benzene rings is 3. The van der Waals surface area contributed by atoms with Crippen molar-refractivity contribution in [2.24, 2.45) is 5.10 Å². The number of hydrogen-bond acceptors (Lipinski definition) is 6. The molecule has 3 N–H and O–H groups in total. The summed E-state index contributed by atoms with van der Waals surface area (Å²) in [5.41, 5.74) is 2.10. The highest BCUT2D eigenvalue weighted by Gasteiger charge is 2.12. The van der Waals surface area contributed by atoms with Crippen LogP contribution < -0.4 is 5.43 Å². The number of phenolic OH excluding ortho intramolecular Hbond substituents is 2. The molecule has 0 spiro atoms. The van der Waals surface area contributed by atoms with Crippen LogP contribution in [0.5, 0.6) is 11.5 Å². The zero-order chi connectivity index (χ0) is 18.7. The Morgan fingerprint density at radius 2 is 1.73 bits per heavy atom. The number of nitrogens with one attached hydrogen (secondary N) is 1. The van der Waals surface area contributed by atoms with Gasteiger partial charge in [-0.2, -0.15) is 5.10 Å². The minimum absolute atomic E-state index is 0.0316. The first-order chi connectivity index (χ1) is 12.5. The Kier molecular flexibility index (Phi) is 4.48. The van der Waals surface area contributed by atoms with E-state index < -0.39 is 10.8 Å². The normalized spacial score (nSPS) is 10.9. The number of amides is 1. The van der Waals surface area contributed by atoms with Crippen LogP contribution in [-0.2, 0) is 0 Å². The molecule has 1 amide bonds. The molecule has 8 heteroatoms. The number of aromatic hydroxyl groups is 2. The van der Waals surface area contributed by atoms with Crippen LogP contribution in [0.25, 0.3) is 10.8 Å². The summed E-state index contributed by atoms with van der Waals surface area (Å²) in [5.74, 6) is -1.08. The van der Waals surface area contributed by atoms with Crippen molar-refractivity contribution in [1.29, 1.82) is 0 Å². The molecule has 0 radical (unpaired) electrons. The van der Waals surface area contributed by atoms with Crippen molar-refractivity contribution in [3.8, 4) is 11.5 Å². The van der Waals surface area contributed by atoms with Gasteiger partial charge in [-0.05, 0) is 29.0 Å². The average Bonchev–Trinajstić information content (AvgIpc) is 2.62. The third kappa shape index (κ3) is 3.44. The number of nitrogens with zero attached hydrogens (tertiary/aromatic N) is 2. The van der Waals surface area contributed by atoms with Gasteiger partial charge in [0.15, 0.2) is 0 Å². The van der Waals surface area contributed by atoms with Crippen molar-refractivity contribution in [3.05, 3.63) is 75.8 Å². The molecule has 3 rings (SSSR count). The highest BCUT2D eigenvalue weighted by atomic mass is 16.6. The Hall–Kier alpha value is -3.94. The summed E-state index contributed by atoms with van der Waals surface area (Å²) < 4.78 is 0. The van der Waals surface area contributed by atoms with E-state index in [4.69, 9.17) is 0 Å². The summed E-state index contributed by atoms with van der Waals surface area (Å²) in [4.78, 5) is 22.4. The number of carbonyl (C=O) groups is 1. The number of nitro benzene ring substituents is 1. The molecule has 0 atom stereocenters. The third-order valence-corrected chi connectivity index (χ3v) is 3.70. The Bertz CT molecular complexity index is 1050. The number of fused-ring (bicyclic) bond motifs is 1. The van der Waals surface area contributed by atoms with E-state index >= 15 is 0 Å². The highest BCUT2D eigenvalue weighted by molar-refractivity contribution is 6.01. The number of hydrogen-bond donors (Lipinski definition) is 3. The molecule has 0 bridgehead atoms. The molecule has 0 heterocycles. The van der Waals surface area contributed by atoms with Gasteiger partial charge in [-0.1, -0.05) is 24.3 Å². The van der Waals surface area contributed by atoms with Gasteiger partial charge in [-0.3, -0.25) is 14.9 Å². The van der Waals surface area contributed by atoms with Gasteiger partial charge in [0.2, 0.25) is 0 Å². The summed E-state index contributed by atoms with van der Waals surface area (Å²) in [6, 6.07) is 13.7. The van der Waals surface area contributed by atoms with E-state index in [0.29, 0.717) is 0 Å². The first kappa shape index (κ1) is 16.9. The van der Waals surface area contributed by atoms with Gasteiger partial charge in [0.25, 0.3) is 11.6 Å². The summed E-state index contributed by atoms with van der Waals surface area (Å²) >= 11 is 0. The lowest BCUT2D eigenvalue weighted by Gasteiger charge is -2.06. The fourth-order valence-corrected chi connectivity index (χ4v) is 2.39. The average molecular weight is 351 g/mol. The van der Waals surface area contributed by atoms with E-state index in [2.05, 4.69) is 10.5 Å². The predicted octanol–water partition coefficient (Wildman–Crippen LogP) is 2.92. The van der Waals surface area contributed by atoms with Gasteiger partial charge in [-0.15, -0.1) is 0 Å². The summed E-state index contributed by atoms with van der Waals surface area (Å²) in [5, 5.41) is 35.7. The Morgan fingerprint density at radius 1 is 1.04 bits per heavy atom. The molecule has 0 aromatic heterocycles. The van der Waals surface area contributed by atoms with Crippen molar-refractivity contribution >= 4 is 28.6 Å². The van der Waals surface area contributed by atoms with Gasteiger partial charge >= 0.3 is 0 Å². The highest BCUT2D eigenvalue weighted by Crippen LogP contribution is 2.25. The molecule has 0 fully saturated rings. The lowest BCUT2D eigenvalue weighted by atomic mass is 10.1. The van der Waals surface area contributed by atoms with Crippen LogP contribution in [0.1, 0.15) is 15.9 Å². The molecule has 3 aromatic carbocycles. The number of phenols is 2. The Morgan fingerprint density at radius 3 is 2.42 bits per heavy atom. The van der Waals surface area contributed by atoms with Crippen LogP contribution in [0.3, 0.4) is 0 Å². The fraction of sp³-hybridized carbons (Fsp3) is 0. The molecule has 0 unspecified atom stereocenters. The Labute approximate surface area is 147 Å². The quantitative estimate of drug-likeness (QED) is 0.378. The van der Waals surface area contributed by atoms with Gasteiger partial charge in [0, 0.05) is 17.7 Å². The first-order valence-corrected chi connectivity index (χ1v) is 7.48. The summed E-state index contributed by atoms with van der Waals surface area (Å²) in [7, 11) is 0.